The van der Waals surface area contributed by atoms with Crippen molar-refractivity contribution in [2.75, 3.05) is 5.43 Å². The van der Waals surface area contributed by atoms with Gasteiger partial charge in [0.1, 0.15) is 11.6 Å². The molecule has 2 heterocycles. The fraction of sp³-hybridized carbons (Fsp3) is 0.0526. The molecule has 0 saturated carbocycles. The van der Waals surface area contributed by atoms with Crippen LogP contribution in [0.25, 0.3) is 16.6 Å². The van der Waals surface area contributed by atoms with E-state index in [1.165, 1.54) is 28.8 Å². The first-order chi connectivity index (χ1) is 13.8. The van der Waals surface area contributed by atoms with Gasteiger partial charge < -0.3 is 0 Å². The van der Waals surface area contributed by atoms with Crippen LogP contribution in [0.5, 0.6) is 0 Å². The molecule has 1 aromatic heterocycles. The average Bonchev–Trinajstić information content (AvgIpc) is 3.07. The molecule has 2 aromatic carbocycles. The molecule has 3 aromatic rings. The second kappa shape index (κ2) is 6.66. The number of para-hydroxylation sites is 2. The molecule has 4 rings (SSSR count). The number of nitriles is 1. The normalized spacial score (nSPS) is 15.5. The highest BCUT2D eigenvalue weighted by Crippen LogP contribution is 2.29. The molecule has 0 bridgehead atoms. The topological polar surface area (TPSA) is 137 Å². The van der Waals surface area contributed by atoms with E-state index in [4.69, 9.17) is 4.55 Å². The summed E-state index contributed by atoms with van der Waals surface area (Å²) in [6.45, 7) is 1.61. The molecule has 0 amide bonds. The van der Waals surface area contributed by atoms with Crippen molar-refractivity contribution in [3.05, 3.63) is 59.9 Å². The van der Waals surface area contributed by atoms with E-state index in [2.05, 4.69) is 21.6 Å². The highest BCUT2D eigenvalue weighted by Gasteiger charge is 2.32. The summed E-state index contributed by atoms with van der Waals surface area (Å²) in [5.74, 6) is -0.167. The first-order valence-corrected chi connectivity index (χ1v) is 9.80. The van der Waals surface area contributed by atoms with Gasteiger partial charge in [-0.3, -0.25) is 19.3 Å². The van der Waals surface area contributed by atoms with Gasteiger partial charge in [-0.25, -0.2) is 4.98 Å². The zero-order valence-corrected chi connectivity index (χ0v) is 15.8. The number of nitrogens with one attached hydrogen (secondary N) is 1. The predicted octanol–water partition coefficient (Wildman–Crippen LogP) is 2.70. The third kappa shape index (κ3) is 3.08. The second-order valence-electron chi connectivity index (χ2n) is 6.25. The van der Waals surface area contributed by atoms with Crippen LogP contribution in [0, 0.1) is 11.3 Å². The van der Waals surface area contributed by atoms with E-state index in [1.54, 1.807) is 31.2 Å². The summed E-state index contributed by atoms with van der Waals surface area (Å²) in [5.41, 5.74) is 4.89. The van der Waals surface area contributed by atoms with Crippen LogP contribution in [-0.4, -0.2) is 34.1 Å². The molecule has 0 saturated heterocycles. The number of carbonyl (C=O) groups excluding carboxylic acids is 1. The molecule has 9 nitrogen and oxygen atoms in total. The zero-order valence-electron chi connectivity index (χ0n) is 15.0. The zero-order chi connectivity index (χ0) is 20.8. The minimum Gasteiger partial charge on any atom is -0.282 e. The van der Waals surface area contributed by atoms with Gasteiger partial charge in [0.25, 0.3) is 16.0 Å². The van der Waals surface area contributed by atoms with Gasteiger partial charge in [0.15, 0.2) is 11.5 Å². The fourth-order valence-corrected chi connectivity index (χ4v) is 3.52. The van der Waals surface area contributed by atoms with E-state index in [-0.39, 0.29) is 22.0 Å². The van der Waals surface area contributed by atoms with Gasteiger partial charge in [0.05, 0.1) is 21.6 Å². The van der Waals surface area contributed by atoms with Gasteiger partial charge in [-0.1, -0.05) is 12.1 Å². The molecule has 0 aliphatic carbocycles. The van der Waals surface area contributed by atoms with Gasteiger partial charge in [-0.15, -0.1) is 0 Å². The van der Waals surface area contributed by atoms with Crippen LogP contribution in [0.1, 0.15) is 17.5 Å². The number of allylic oxidation sites excluding steroid dienone is 2. The van der Waals surface area contributed by atoms with Gasteiger partial charge in [-0.05, 0) is 43.3 Å². The Morgan fingerprint density at radius 2 is 1.86 bits per heavy atom. The fourth-order valence-electron chi connectivity index (χ4n) is 3.04. The van der Waals surface area contributed by atoms with Crippen LogP contribution < -0.4 is 5.43 Å². The molecule has 1 aliphatic heterocycles. The Kier molecular flexibility index (Phi) is 4.26. The van der Waals surface area contributed by atoms with Crippen LogP contribution in [0.3, 0.4) is 0 Å². The molecule has 2 N–H and O–H groups in total. The molecule has 29 heavy (non-hydrogen) atoms. The number of rotatable bonds is 3. The second-order valence-corrected chi connectivity index (χ2v) is 7.67. The van der Waals surface area contributed by atoms with E-state index in [0.717, 1.165) is 0 Å². The lowest BCUT2D eigenvalue weighted by Gasteiger charge is -2.17. The molecule has 144 valence electrons. The van der Waals surface area contributed by atoms with Crippen molar-refractivity contribution in [3.8, 4) is 6.07 Å². The van der Waals surface area contributed by atoms with Crippen molar-refractivity contribution >= 4 is 44.0 Å². The molecular weight excluding hydrogens is 394 g/mol. The lowest BCUT2D eigenvalue weighted by molar-refractivity contribution is 0.0992. The van der Waals surface area contributed by atoms with E-state index >= 15 is 0 Å². The number of imidazole rings is 1. The number of hydrogen-bond donors (Lipinski definition) is 2. The van der Waals surface area contributed by atoms with E-state index < -0.39 is 16.0 Å². The van der Waals surface area contributed by atoms with Gasteiger partial charge in [-0.2, -0.15) is 18.8 Å². The van der Waals surface area contributed by atoms with E-state index in [1.807, 2.05) is 0 Å². The molecule has 0 spiro atoms. The number of carbonyl (C=O) groups is 1. The molecule has 0 fully saturated rings. The Morgan fingerprint density at radius 1 is 1.17 bits per heavy atom. The average molecular weight is 407 g/mol. The minimum atomic E-state index is -4.30. The summed E-state index contributed by atoms with van der Waals surface area (Å²) in [4.78, 5) is 17.2. The third-order valence-corrected chi connectivity index (χ3v) is 5.35. The monoisotopic (exact) mass is 407 g/mol. The Balaban J connectivity index is 1.76. The Hall–Kier alpha value is -3.81. The van der Waals surface area contributed by atoms with Crippen molar-refractivity contribution in [2.45, 2.75) is 11.8 Å². The van der Waals surface area contributed by atoms with Crippen LogP contribution >= 0.6 is 0 Å². The third-order valence-electron chi connectivity index (χ3n) is 4.48. The largest absolute Gasteiger partial charge is 0.294 e. The first-order valence-electron chi connectivity index (χ1n) is 8.36. The Labute approximate surface area is 165 Å². The maximum atomic E-state index is 13.1. The van der Waals surface area contributed by atoms with Crippen molar-refractivity contribution in [1.82, 2.24) is 9.55 Å². The maximum absolute atomic E-state index is 13.1. The van der Waals surface area contributed by atoms with E-state index in [0.29, 0.717) is 22.3 Å². The van der Waals surface area contributed by atoms with Crippen LogP contribution in [0.4, 0.5) is 5.69 Å². The highest BCUT2D eigenvalue weighted by atomic mass is 32.2. The van der Waals surface area contributed by atoms with Crippen LogP contribution in [-0.2, 0) is 10.1 Å². The number of nitrogens with zero attached hydrogens (tertiary/aromatic N) is 4. The summed E-state index contributed by atoms with van der Waals surface area (Å²) in [5, 5.41) is 13.7. The SMILES string of the molecule is CC1=C(C#N)c2nc3ccccc3n2C(=O)/C1=N/Nc1ccc(S(=O)(=O)O)cc1. The number of fused-ring (bicyclic) bond motifs is 3. The highest BCUT2D eigenvalue weighted by molar-refractivity contribution is 7.85. The van der Waals surface area contributed by atoms with Crippen LogP contribution in [0.15, 0.2) is 64.1 Å². The summed E-state index contributed by atoms with van der Waals surface area (Å²) in [6, 6.07) is 14.3. The van der Waals surface area contributed by atoms with E-state index in [9.17, 15) is 18.5 Å². The summed E-state index contributed by atoms with van der Waals surface area (Å²) < 4.78 is 32.6. The molecule has 0 unspecified atom stereocenters. The van der Waals surface area contributed by atoms with Gasteiger partial charge >= 0.3 is 0 Å². The first kappa shape index (κ1) is 18.5. The molecule has 10 heteroatoms. The number of hydrogen-bond acceptors (Lipinski definition) is 7. The van der Waals surface area contributed by atoms with Crippen molar-refractivity contribution in [3.63, 3.8) is 0 Å². The molecular formula is C19H13N5O4S. The number of aromatic nitrogens is 2. The minimum absolute atomic E-state index is 0.0380. The summed E-state index contributed by atoms with van der Waals surface area (Å²) in [6.07, 6.45) is 0. The predicted molar refractivity (Wildman–Crippen MR) is 106 cm³/mol. The number of benzene rings is 2. The standard InChI is InChI=1S/C19H13N5O4S/c1-11-14(10-20)18-21-15-4-2-3-5-16(15)24(18)19(25)17(11)23-22-12-6-8-13(9-7-12)29(26,27)28/h2-9,22H,1H3,(H,26,27,28)/b23-17+. The molecule has 1 aliphatic rings. The maximum Gasteiger partial charge on any atom is 0.294 e. The number of anilines is 1. The molecule has 0 atom stereocenters. The number of hydrazone groups is 1. The summed E-state index contributed by atoms with van der Waals surface area (Å²) >= 11 is 0. The molecule has 0 radical (unpaired) electrons. The van der Waals surface area contributed by atoms with Gasteiger partial charge in [0.2, 0.25) is 0 Å². The summed E-state index contributed by atoms with van der Waals surface area (Å²) in [7, 11) is -4.30. The Bertz CT molecular complexity index is 1380. The smallest absolute Gasteiger partial charge is 0.282 e. The Morgan fingerprint density at radius 3 is 2.52 bits per heavy atom. The van der Waals surface area contributed by atoms with Crippen LogP contribution in [0.2, 0.25) is 0 Å². The van der Waals surface area contributed by atoms with Crippen molar-refractivity contribution < 1.29 is 17.8 Å². The van der Waals surface area contributed by atoms with Crippen molar-refractivity contribution in [2.24, 2.45) is 5.10 Å². The lowest BCUT2D eigenvalue weighted by atomic mass is 10.0. The quantitative estimate of drug-likeness (QED) is 0.503. The lowest BCUT2D eigenvalue weighted by Crippen LogP contribution is -2.30. The van der Waals surface area contributed by atoms with Crippen molar-refractivity contribution in [1.29, 1.82) is 5.26 Å². The van der Waals surface area contributed by atoms with Gasteiger partial charge in [0, 0.05) is 5.57 Å².